The molecule has 1 aliphatic rings. The Morgan fingerprint density at radius 2 is 1.70 bits per heavy atom. The summed E-state index contributed by atoms with van der Waals surface area (Å²) in [6, 6.07) is 9.64. The smallest absolute Gasteiger partial charge is 0.253 e. The van der Waals surface area contributed by atoms with Crippen LogP contribution < -0.4 is 5.32 Å². The number of hydrogen-bond donors (Lipinski definition) is 1. The van der Waals surface area contributed by atoms with E-state index in [1.165, 1.54) is 24.3 Å². The predicted octanol–water partition coefficient (Wildman–Crippen LogP) is 4.24. The number of halogens is 1. The second kappa shape index (κ2) is 7.91. The van der Waals surface area contributed by atoms with Gasteiger partial charge in [-0.15, -0.1) is 0 Å². The molecule has 0 spiro atoms. The molecule has 27 heavy (non-hydrogen) atoms. The van der Waals surface area contributed by atoms with Crippen molar-refractivity contribution in [3.63, 3.8) is 0 Å². The minimum atomic E-state index is -0.369. The Labute approximate surface area is 159 Å². The van der Waals surface area contributed by atoms with Crippen molar-refractivity contribution in [2.45, 2.75) is 33.6 Å². The highest BCUT2D eigenvalue weighted by atomic mass is 19.1. The average molecular weight is 368 g/mol. The van der Waals surface area contributed by atoms with Gasteiger partial charge in [0.1, 0.15) is 5.82 Å². The van der Waals surface area contributed by atoms with Crippen LogP contribution in [0.15, 0.2) is 36.4 Å². The highest BCUT2D eigenvalue weighted by molar-refractivity contribution is 5.97. The second-order valence-electron chi connectivity index (χ2n) is 7.36. The summed E-state index contributed by atoms with van der Waals surface area (Å²) in [5.41, 5.74) is 4.54. The van der Waals surface area contributed by atoms with Gasteiger partial charge in [0, 0.05) is 24.3 Å². The van der Waals surface area contributed by atoms with Gasteiger partial charge < -0.3 is 10.2 Å². The third-order valence-electron chi connectivity index (χ3n) is 5.10. The average Bonchev–Trinajstić information content (AvgIpc) is 2.64. The van der Waals surface area contributed by atoms with Crippen LogP contribution in [0.2, 0.25) is 0 Å². The van der Waals surface area contributed by atoms with Gasteiger partial charge in [-0.2, -0.15) is 0 Å². The van der Waals surface area contributed by atoms with Gasteiger partial charge in [-0.05, 0) is 69.0 Å². The Morgan fingerprint density at radius 1 is 1.07 bits per heavy atom. The SMILES string of the molecule is Cc1cc(C)c(NC(=O)[C@H]2CCCN(C(=O)c3ccc(F)cc3)C2)c(C)c1. The molecule has 1 fully saturated rings. The number of nitrogens with one attached hydrogen (secondary N) is 1. The fraction of sp³-hybridized carbons (Fsp3) is 0.364. The first-order chi connectivity index (χ1) is 12.8. The lowest BCUT2D eigenvalue weighted by Gasteiger charge is -2.32. The molecule has 5 heteroatoms. The van der Waals surface area contributed by atoms with Crippen LogP contribution in [-0.4, -0.2) is 29.8 Å². The van der Waals surface area contributed by atoms with Crippen LogP contribution in [0.3, 0.4) is 0 Å². The van der Waals surface area contributed by atoms with E-state index in [-0.39, 0.29) is 23.5 Å². The van der Waals surface area contributed by atoms with Crippen LogP contribution in [-0.2, 0) is 4.79 Å². The van der Waals surface area contributed by atoms with Crippen LogP contribution in [0.5, 0.6) is 0 Å². The number of piperidine rings is 1. The van der Waals surface area contributed by atoms with E-state index in [4.69, 9.17) is 0 Å². The van der Waals surface area contributed by atoms with E-state index in [0.29, 0.717) is 18.7 Å². The van der Waals surface area contributed by atoms with Gasteiger partial charge in [-0.3, -0.25) is 9.59 Å². The molecule has 1 N–H and O–H groups in total. The Hall–Kier alpha value is -2.69. The second-order valence-corrected chi connectivity index (χ2v) is 7.36. The molecule has 0 unspecified atom stereocenters. The first kappa shape index (κ1) is 19.1. The minimum absolute atomic E-state index is 0.0540. The first-order valence-electron chi connectivity index (χ1n) is 9.28. The zero-order chi connectivity index (χ0) is 19.6. The number of carbonyl (C=O) groups excluding carboxylic acids is 2. The normalized spacial score (nSPS) is 16.9. The minimum Gasteiger partial charge on any atom is -0.338 e. The Morgan fingerprint density at radius 3 is 2.33 bits per heavy atom. The van der Waals surface area contributed by atoms with Gasteiger partial charge >= 0.3 is 0 Å². The van der Waals surface area contributed by atoms with Crippen molar-refractivity contribution in [1.29, 1.82) is 0 Å². The zero-order valence-corrected chi connectivity index (χ0v) is 16.0. The highest BCUT2D eigenvalue weighted by Gasteiger charge is 2.29. The summed E-state index contributed by atoms with van der Waals surface area (Å²) < 4.78 is 13.1. The van der Waals surface area contributed by atoms with Crippen molar-refractivity contribution in [3.8, 4) is 0 Å². The maximum Gasteiger partial charge on any atom is 0.253 e. The number of amides is 2. The maximum absolute atomic E-state index is 13.1. The topological polar surface area (TPSA) is 49.4 Å². The molecule has 142 valence electrons. The zero-order valence-electron chi connectivity index (χ0n) is 16.0. The summed E-state index contributed by atoms with van der Waals surface area (Å²) in [5.74, 6) is -0.827. The van der Waals surface area contributed by atoms with Crippen molar-refractivity contribution in [2.24, 2.45) is 5.92 Å². The molecule has 0 saturated carbocycles. The van der Waals surface area contributed by atoms with Crippen molar-refractivity contribution < 1.29 is 14.0 Å². The van der Waals surface area contributed by atoms with Gasteiger partial charge in [0.15, 0.2) is 0 Å². The summed E-state index contributed by atoms with van der Waals surface area (Å²) >= 11 is 0. The quantitative estimate of drug-likeness (QED) is 0.881. The van der Waals surface area contributed by atoms with E-state index in [2.05, 4.69) is 5.32 Å². The van der Waals surface area contributed by atoms with Crippen LogP contribution in [0.1, 0.15) is 39.9 Å². The third-order valence-corrected chi connectivity index (χ3v) is 5.10. The number of carbonyl (C=O) groups is 2. The molecule has 0 radical (unpaired) electrons. The van der Waals surface area contributed by atoms with Crippen molar-refractivity contribution in [2.75, 3.05) is 18.4 Å². The molecule has 0 aromatic heterocycles. The molecule has 0 bridgehead atoms. The van der Waals surface area contributed by atoms with E-state index in [1.54, 1.807) is 4.90 Å². The summed E-state index contributed by atoms with van der Waals surface area (Å²) in [4.78, 5) is 27.2. The van der Waals surface area contributed by atoms with Crippen molar-refractivity contribution in [3.05, 3.63) is 64.5 Å². The number of likely N-dealkylation sites (tertiary alicyclic amines) is 1. The number of rotatable bonds is 3. The van der Waals surface area contributed by atoms with Gasteiger partial charge in [-0.1, -0.05) is 17.7 Å². The molecule has 0 aliphatic carbocycles. The molecule has 2 amide bonds. The number of hydrogen-bond acceptors (Lipinski definition) is 2. The lowest BCUT2D eigenvalue weighted by molar-refractivity contribution is -0.121. The van der Waals surface area contributed by atoms with E-state index < -0.39 is 0 Å². The van der Waals surface area contributed by atoms with Gasteiger partial charge in [0.25, 0.3) is 5.91 Å². The van der Waals surface area contributed by atoms with E-state index >= 15 is 0 Å². The molecule has 2 aromatic rings. The van der Waals surface area contributed by atoms with Gasteiger partial charge in [0.05, 0.1) is 5.92 Å². The lowest BCUT2D eigenvalue weighted by Crippen LogP contribution is -2.43. The predicted molar refractivity (Wildman–Crippen MR) is 104 cm³/mol. The Bertz CT molecular complexity index is 838. The molecule has 1 atom stereocenters. The lowest BCUT2D eigenvalue weighted by atomic mass is 9.95. The van der Waals surface area contributed by atoms with E-state index in [0.717, 1.165) is 35.2 Å². The fourth-order valence-corrected chi connectivity index (χ4v) is 3.75. The summed E-state index contributed by atoms with van der Waals surface area (Å²) in [6.45, 7) is 7.00. The summed E-state index contributed by atoms with van der Waals surface area (Å²) in [5, 5.41) is 3.06. The van der Waals surface area contributed by atoms with Crippen LogP contribution >= 0.6 is 0 Å². The molecule has 1 heterocycles. The van der Waals surface area contributed by atoms with Crippen LogP contribution in [0, 0.1) is 32.5 Å². The standard InChI is InChI=1S/C22H25FN2O2/c1-14-11-15(2)20(16(3)12-14)24-21(26)18-5-4-10-25(13-18)22(27)17-6-8-19(23)9-7-17/h6-9,11-12,18H,4-5,10,13H2,1-3H3,(H,24,26)/t18-/m0/s1. The molecule has 1 aliphatic heterocycles. The largest absolute Gasteiger partial charge is 0.338 e. The Kier molecular flexibility index (Phi) is 5.59. The first-order valence-corrected chi connectivity index (χ1v) is 9.28. The monoisotopic (exact) mass is 368 g/mol. The van der Waals surface area contributed by atoms with Gasteiger partial charge in [0.2, 0.25) is 5.91 Å². The van der Waals surface area contributed by atoms with E-state index in [1.807, 2.05) is 32.9 Å². The molecule has 2 aromatic carbocycles. The fourth-order valence-electron chi connectivity index (χ4n) is 3.75. The number of aryl methyl sites for hydroxylation is 3. The number of benzene rings is 2. The summed E-state index contributed by atoms with van der Waals surface area (Å²) in [6.07, 6.45) is 1.53. The number of anilines is 1. The molecule has 1 saturated heterocycles. The third kappa shape index (κ3) is 4.35. The maximum atomic E-state index is 13.1. The molecular formula is C22H25FN2O2. The van der Waals surface area contributed by atoms with Crippen LogP contribution in [0.4, 0.5) is 10.1 Å². The van der Waals surface area contributed by atoms with Gasteiger partial charge in [-0.25, -0.2) is 4.39 Å². The molecule has 4 nitrogen and oxygen atoms in total. The van der Waals surface area contributed by atoms with Crippen LogP contribution in [0.25, 0.3) is 0 Å². The van der Waals surface area contributed by atoms with Crippen molar-refractivity contribution >= 4 is 17.5 Å². The number of nitrogens with zero attached hydrogens (tertiary/aromatic N) is 1. The van der Waals surface area contributed by atoms with Crippen molar-refractivity contribution in [1.82, 2.24) is 4.90 Å². The summed E-state index contributed by atoms with van der Waals surface area (Å²) in [7, 11) is 0. The molecular weight excluding hydrogens is 343 g/mol. The van der Waals surface area contributed by atoms with E-state index in [9.17, 15) is 14.0 Å². The highest BCUT2D eigenvalue weighted by Crippen LogP contribution is 2.25. The Balaban J connectivity index is 1.69. The molecule has 3 rings (SSSR count).